The Morgan fingerprint density at radius 1 is 1.32 bits per heavy atom. The quantitative estimate of drug-likeness (QED) is 0.832. The second-order valence-corrected chi connectivity index (χ2v) is 4.47. The van der Waals surface area contributed by atoms with Crippen LogP contribution in [0.5, 0.6) is 0 Å². The van der Waals surface area contributed by atoms with Crippen LogP contribution in [0.2, 0.25) is 0 Å². The molecule has 0 spiro atoms. The average Bonchev–Trinajstić information content (AvgIpc) is 2.86. The van der Waals surface area contributed by atoms with Gasteiger partial charge in [-0.25, -0.2) is 4.79 Å². The molecule has 0 aliphatic heterocycles. The number of benzene rings is 1. The molecule has 19 heavy (non-hydrogen) atoms. The predicted molar refractivity (Wildman–Crippen MR) is 72.8 cm³/mol. The van der Waals surface area contributed by atoms with Crippen LogP contribution in [0.25, 0.3) is 11.1 Å². The second-order valence-electron chi connectivity index (χ2n) is 4.47. The lowest BCUT2D eigenvalue weighted by molar-refractivity contribution is 0.0662. The van der Waals surface area contributed by atoms with Gasteiger partial charge in [-0.1, -0.05) is 43.9 Å². The van der Waals surface area contributed by atoms with Gasteiger partial charge in [-0.3, -0.25) is 0 Å². The maximum absolute atomic E-state index is 10.8. The first-order valence-corrected chi connectivity index (χ1v) is 6.00. The van der Waals surface area contributed by atoms with Gasteiger partial charge in [0.15, 0.2) is 0 Å². The molecule has 1 N–H and O–H groups in total. The van der Waals surface area contributed by atoms with Crippen LogP contribution < -0.4 is 0 Å². The average molecular weight is 254 g/mol. The van der Waals surface area contributed by atoms with Gasteiger partial charge in [0.05, 0.1) is 6.26 Å². The van der Waals surface area contributed by atoms with Crippen LogP contribution in [-0.4, -0.2) is 11.1 Å². The molecule has 3 heteroatoms. The summed E-state index contributed by atoms with van der Waals surface area (Å²) in [6.45, 7) is 4.05. The van der Waals surface area contributed by atoms with Crippen molar-refractivity contribution < 1.29 is 14.3 Å². The van der Waals surface area contributed by atoms with Crippen molar-refractivity contribution in [3.8, 4) is 23.0 Å². The number of furan rings is 1. The van der Waals surface area contributed by atoms with Crippen LogP contribution in [0, 0.1) is 17.8 Å². The molecule has 0 unspecified atom stereocenters. The highest BCUT2D eigenvalue weighted by Crippen LogP contribution is 2.25. The van der Waals surface area contributed by atoms with Gasteiger partial charge in [0.1, 0.15) is 0 Å². The van der Waals surface area contributed by atoms with Crippen LogP contribution in [0.15, 0.2) is 41.0 Å². The normalized spacial score (nSPS) is 10.1. The molecule has 0 radical (unpaired) electrons. The number of aromatic carboxylic acids is 1. The Bertz CT molecular complexity index is 654. The molecule has 1 heterocycles. The summed E-state index contributed by atoms with van der Waals surface area (Å²) in [6, 6.07) is 9.13. The Balaban J connectivity index is 2.45. The standard InChI is InChI=1S/C16H14O3/c1-11(2)7-8-12-5-3-4-6-14(12)13-9-15(16(17)18)19-10-13/h3-6,9-11H,1-2H3,(H,17,18). The summed E-state index contributed by atoms with van der Waals surface area (Å²) < 4.78 is 5.01. The lowest BCUT2D eigenvalue weighted by atomic mass is 10.0. The number of carbonyl (C=O) groups is 1. The molecule has 3 nitrogen and oxygen atoms in total. The van der Waals surface area contributed by atoms with Gasteiger partial charge in [0, 0.05) is 22.6 Å². The van der Waals surface area contributed by atoms with Gasteiger partial charge in [-0.2, -0.15) is 0 Å². The minimum absolute atomic E-state index is 0.0679. The number of hydrogen-bond acceptors (Lipinski definition) is 2. The molecule has 0 amide bonds. The third-order valence-electron chi connectivity index (χ3n) is 2.54. The van der Waals surface area contributed by atoms with Crippen molar-refractivity contribution in [2.24, 2.45) is 5.92 Å². The number of hydrogen-bond donors (Lipinski definition) is 1. The molecule has 0 aliphatic carbocycles. The monoisotopic (exact) mass is 254 g/mol. The third-order valence-corrected chi connectivity index (χ3v) is 2.54. The van der Waals surface area contributed by atoms with E-state index in [1.807, 2.05) is 38.1 Å². The van der Waals surface area contributed by atoms with Crippen molar-refractivity contribution in [3.63, 3.8) is 0 Å². The van der Waals surface area contributed by atoms with Gasteiger partial charge in [-0.15, -0.1) is 0 Å². The Hall–Kier alpha value is -2.47. The molecule has 1 aromatic carbocycles. The minimum Gasteiger partial charge on any atom is -0.475 e. The van der Waals surface area contributed by atoms with Crippen LogP contribution >= 0.6 is 0 Å². The summed E-state index contributed by atoms with van der Waals surface area (Å²) in [5.74, 6) is 5.36. The van der Waals surface area contributed by atoms with Crippen molar-refractivity contribution in [2.45, 2.75) is 13.8 Å². The summed E-state index contributed by atoms with van der Waals surface area (Å²) in [7, 11) is 0. The zero-order valence-corrected chi connectivity index (χ0v) is 10.8. The Morgan fingerprint density at radius 3 is 2.68 bits per heavy atom. The molecular weight excluding hydrogens is 240 g/mol. The highest BCUT2D eigenvalue weighted by molar-refractivity contribution is 5.87. The van der Waals surface area contributed by atoms with E-state index in [1.54, 1.807) is 0 Å². The SMILES string of the molecule is CC(C)C#Cc1ccccc1-c1coc(C(=O)O)c1. The number of rotatable bonds is 2. The van der Waals surface area contributed by atoms with Gasteiger partial charge in [0.25, 0.3) is 0 Å². The van der Waals surface area contributed by atoms with Crippen LogP contribution in [-0.2, 0) is 0 Å². The fourth-order valence-electron chi connectivity index (χ4n) is 1.66. The molecule has 0 aliphatic rings. The van der Waals surface area contributed by atoms with Crippen molar-refractivity contribution in [1.29, 1.82) is 0 Å². The van der Waals surface area contributed by atoms with E-state index in [4.69, 9.17) is 9.52 Å². The predicted octanol–water partition coefficient (Wildman–Crippen LogP) is 3.65. The molecular formula is C16H14O3. The zero-order valence-electron chi connectivity index (χ0n) is 10.8. The van der Waals surface area contributed by atoms with Gasteiger partial charge >= 0.3 is 5.97 Å². The molecule has 2 rings (SSSR count). The smallest absolute Gasteiger partial charge is 0.371 e. The van der Waals surface area contributed by atoms with Crippen LogP contribution in [0.1, 0.15) is 30.0 Å². The first-order valence-electron chi connectivity index (χ1n) is 6.00. The summed E-state index contributed by atoms with van der Waals surface area (Å²) >= 11 is 0. The minimum atomic E-state index is -1.07. The van der Waals surface area contributed by atoms with E-state index in [0.717, 1.165) is 16.7 Å². The first kappa shape index (κ1) is 13.0. The summed E-state index contributed by atoms with van der Waals surface area (Å²) in [5, 5.41) is 8.87. The van der Waals surface area contributed by atoms with Gasteiger partial charge < -0.3 is 9.52 Å². The van der Waals surface area contributed by atoms with Crippen LogP contribution in [0.3, 0.4) is 0 Å². The van der Waals surface area contributed by atoms with E-state index in [-0.39, 0.29) is 11.7 Å². The number of carboxylic acids is 1. The Labute approximate surface area is 111 Å². The third kappa shape index (κ3) is 3.05. The molecule has 0 saturated heterocycles. The lowest BCUT2D eigenvalue weighted by Crippen LogP contribution is -1.91. The maximum atomic E-state index is 10.8. The van der Waals surface area contributed by atoms with E-state index < -0.39 is 5.97 Å². The largest absolute Gasteiger partial charge is 0.475 e. The van der Waals surface area contributed by atoms with Crippen LogP contribution in [0.4, 0.5) is 0 Å². The molecule has 0 saturated carbocycles. The van der Waals surface area contributed by atoms with Crippen molar-refractivity contribution in [3.05, 3.63) is 47.9 Å². The molecule has 0 fully saturated rings. The second kappa shape index (κ2) is 5.45. The molecule has 96 valence electrons. The van der Waals surface area contributed by atoms with E-state index >= 15 is 0 Å². The fraction of sp³-hybridized carbons (Fsp3) is 0.188. The van der Waals surface area contributed by atoms with E-state index in [2.05, 4.69) is 11.8 Å². The fourth-order valence-corrected chi connectivity index (χ4v) is 1.66. The summed E-state index contributed by atoms with van der Waals surface area (Å²) in [4.78, 5) is 10.8. The van der Waals surface area contributed by atoms with E-state index in [1.165, 1.54) is 12.3 Å². The zero-order chi connectivity index (χ0) is 13.8. The molecule has 0 bridgehead atoms. The first-order chi connectivity index (χ1) is 9.08. The van der Waals surface area contributed by atoms with Crippen molar-refractivity contribution in [1.82, 2.24) is 0 Å². The molecule has 2 aromatic rings. The summed E-state index contributed by atoms with van der Waals surface area (Å²) in [6.07, 6.45) is 1.44. The maximum Gasteiger partial charge on any atom is 0.371 e. The summed E-state index contributed by atoms with van der Waals surface area (Å²) in [5.41, 5.74) is 2.48. The molecule has 1 aromatic heterocycles. The molecule has 0 atom stereocenters. The Kier molecular flexibility index (Phi) is 3.72. The number of carboxylic acid groups (broad SMARTS) is 1. The topological polar surface area (TPSA) is 50.4 Å². The van der Waals surface area contributed by atoms with Gasteiger partial charge in [-0.05, 0) is 12.1 Å². The highest BCUT2D eigenvalue weighted by Gasteiger charge is 2.11. The van der Waals surface area contributed by atoms with Crippen molar-refractivity contribution >= 4 is 5.97 Å². The van der Waals surface area contributed by atoms with Crippen molar-refractivity contribution in [2.75, 3.05) is 0 Å². The van der Waals surface area contributed by atoms with Gasteiger partial charge in [0.2, 0.25) is 5.76 Å². The Morgan fingerprint density at radius 2 is 2.05 bits per heavy atom. The highest BCUT2D eigenvalue weighted by atomic mass is 16.4. The van der Waals surface area contributed by atoms with E-state index in [0.29, 0.717) is 0 Å². The van der Waals surface area contributed by atoms with E-state index in [9.17, 15) is 4.79 Å². The lowest BCUT2D eigenvalue weighted by Gasteiger charge is -2.00.